The lowest BCUT2D eigenvalue weighted by Gasteiger charge is -2.42. The minimum absolute atomic E-state index is 0.402. The molecule has 0 N–H and O–H groups in total. The molecule has 126 valence electrons. The molecule has 1 aliphatic rings. The van der Waals surface area contributed by atoms with Gasteiger partial charge in [0.25, 0.3) is 0 Å². The van der Waals surface area contributed by atoms with Crippen molar-refractivity contribution in [1.82, 2.24) is 4.90 Å². The van der Waals surface area contributed by atoms with E-state index in [0.29, 0.717) is 12.8 Å². The molecule has 1 aromatic carbocycles. The minimum Gasteiger partial charge on any atom is -0.467 e. The van der Waals surface area contributed by atoms with E-state index in [1.54, 1.807) is 27.8 Å². The van der Waals surface area contributed by atoms with Crippen molar-refractivity contribution < 1.29 is 19.1 Å². The molecule has 1 aliphatic carbocycles. The van der Waals surface area contributed by atoms with Crippen LogP contribution in [0.4, 0.5) is 4.79 Å². The van der Waals surface area contributed by atoms with Crippen molar-refractivity contribution >= 4 is 12.1 Å². The van der Waals surface area contributed by atoms with Gasteiger partial charge in [0.15, 0.2) is 0 Å². The Balaban J connectivity index is 2.35. The Morgan fingerprint density at radius 3 is 2.35 bits per heavy atom. The molecule has 0 bridgehead atoms. The maximum atomic E-state index is 12.5. The van der Waals surface area contributed by atoms with Crippen LogP contribution in [0.25, 0.3) is 0 Å². The molecule has 23 heavy (non-hydrogen) atoms. The van der Waals surface area contributed by atoms with Crippen molar-refractivity contribution in [3.05, 3.63) is 35.4 Å². The first-order chi connectivity index (χ1) is 10.7. The summed E-state index contributed by atoms with van der Waals surface area (Å²) in [6.45, 7) is 5.42. The first kappa shape index (κ1) is 17.3. The Morgan fingerprint density at radius 1 is 1.17 bits per heavy atom. The van der Waals surface area contributed by atoms with E-state index in [9.17, 15) is 9.59 Å². The number of nitrogens with zero attached hydrogens (tertiary/aromatic N) is 1. The third-order valence-corrected chi connectivity index (χ3v) is 4.28. The fourth-order valence-corrected chi connectivity index (χ4v) is 3.01. The second-order valence-electron chi connectivity index (χ2n) is 7.01. The second-order valence-corrected chi connectivity index (χ2v) is 7.01. The Bertz CT molecular complexity index is 605. The normalized spacial score (nSPS) is 20.4. The van der Waals surface area contributed by atoms with Crippen LogP contribution in [0.1, 0.15) is 38.3 Å². The summed E-state index contributed by atoms with van der Waals surface area (Å²) < 4.78 is 10.5. The van der Waals surface area contributed by atoms with Crippen molar-refractivity contribution in [3.8, 4) is 0 Å². The van der Waals surface area contributed by atoms with Gasteiger partial charge >= 0.3 is 12.1 Å². The summed E-state index contributed by atoms with van der Waals surface area (Å²) in [5.74, 6) is -0.402. The number of likely N-dealkylation sites (N-methyl/N-ethyl adjacent to an activating group) is 1. The van der Waals surface area contributed by atoms with Gasteiger partial charge in [-0.1, -0.05) is 24.3 Å². The molecular formula is C18H25NO4. The fraction of sp³-hybridized carbons (Fsp3) is 0.556. The zero-order valence-electron chi connectivity index (χ0n) is 14.5. The molecule has 0 spiro atoms. The molecule has 0 radical (unpaired) electrons. The number of methoxy groups -OCH3 is 1. The highest BCUT2D eigenvalue weighted by Crippen LogP contribution is 2.34. The third kappa shape index (κ3) is 3.49. The van der Waals surface area contributed by atoms with Crippen LogP contribution in [0.15, 0.2) is 24.3 Å². The van der Waals surface area contributed by atoms with Gasteiger partial charge in [-0.3, -0.25) is 4.90 Å². The van der Waals surface area contributed by atoms with Crippen LogP contribution in [-0.4, -0.2) is 42.3 Å². The van der Waals surface area contributed by atoms with Crippen LogP contribution < -0.4 is 0 Å². The summed E-state index contributed by atoms with van der Waals surface area (Å²) >= 11 is 0. The van der Waals surface area contributed by atoms with Gasteiger partial charge in [-0.15, -0.1) is 0 Å². The summed E-state index contributed by atoms with van der Waals surface area (Å²) in [5, 5.41) is 0. The number of fused-ring (bicyclic) bond motifs is 1. The molecule has 0 fully saturated rings. The summed E-state index contributed by atoms with van der Waals surface area (Å²) in [7, 11) is 2.96. The molecule has 1 aromatic rings. The highest BCUT2D eigenvalue weighted by molar-refractivity contribution is 5.86. The molecule has 0 saturated heterocycles. The van der Waals surface area contributed by atoms with Gasteiger partial charge in [0.05, 0.1) is 7.11 Å². The molecule has 1 atom stereocenters. The number of carbonyl (C=O) groups excluding carboxylic acids is 2. The number of carbonyl (C=O) groups is 2. The van der Waals surface area contributed by atoms with Gasteiger partial charge < -0.3 is 9.47 Å². The van der Waals surface area contributed by atoms with Crippen molar-refractivity contribution in [2.45, 2.75) is 51.2 Å². The predicted octanol–water partition coefficient (Wildman–Crippen LogP) is 2.95. The molecule has 0 saturated carbocycles. The highest BCUT2D eigenvalue weighted by Gasteiger charge is 2.48. The average Bonchev–Trinajstić information content (AvgIpc) is 2.51. The molecule has 1 amide bonds. The molecule has 0 heterocycles. The number of hydrogen-bond acceptors (Lipinski definition) is 4. The van der Waals surface area contributed by atoms with E-state index in [-0.39, 0.29) is 0 Å². The van der Waals surface area contributed by atoms with Crippen molar-refractivity contribution in [1.29, 1.82) is 0 Å². The van der Waals surface area contributed by atoms with E-state index >= 15 is 0 Å². The molecule has 0 aromatic heterocycles. The van der Waals surface area contributed by atoms with Gasteiger partial charge in [-0.25, -0.2) is 9.59 Å². The van der Waals surface area contributed by atoms with Crippen molar-refractivity contribution in [2.24, 2.45) is 0 Å². The van der Waals surface area contributed by atoms with Gasteiger partial charge in [0.2, 0.25) is 0 Å². The lowest BCUT2D eigenvalue weighted by molar-refractivity contribution is -0.155. The number of aryl methyl sites for hydroxylation is 1. The number of esters is 1. The molecule has 5 nitrogen and oxygen atoms in total. The quantitative estimate of drug-likeness (QED) is 0.787. The van der Waals surface area contributed by atoms with Crippen molar-refractivity contribution in [3.63, 3.8) is 0 Å². The first-order valence-corrected chi connectivity index (χ1v) is 7.81. The van der Waals surface area contributed by atoms with E-state index in [1.807, 2.05) is 18.2 Å². The maximum Gasteiger partial charge on any atom is 0.411 e. The van der Waals surface area contributed by atoms with Crippen LogP contribution in [0.3, 0.4) is 0 Å². The zero-order chi connectivity index (χ0) is 17.3. The Labute approximate surface area is 137 Å². The highest BCUT2D eigenvalue weighted by atomic mass is 16.6. The van der Waals surface area contributed by atoms with E-state index in [2.05, 4.69) is 6.07 Å². The number of ether oxygens (including phenoxy) is 2. The average molecular weight is 319 g/mol. The molecule has 1 unspecified atom stereocenters. The maximum absolute atomic E-state index is 12.5. The summed E-state index contributed by atoms with van der Waals surface area (Å²) in [5.41, 5.74) is 0.643. The van der Waals surface area contributed by atoms with E-state index < -0.39 is 23.2 Å². The number of rotatable bonds is 2. The van der Waals surface area contributed by atoms with E-state index in [0.717, 1.165) is 12.0 Å². The molecule has 2 rings (SSSR count). The Morgan fingerprint density at radius 2 is 1.78 bits per heavy atom. The fourth-order valence-electron chi connectivity index (χ4n) is 3.01. The molecule has 5 heteroatoms. The third-order valence-electron chi connectivity index (χ3n) is 4.28. The lowest BCUT2D eigenvalue weighted by atomic mass is 9.77. The summed E-state index contributed by atoms with van der Waals surface area (Å²) in [6, 6.07) is 7.99. The lowest BCUT2D eigenvalue weighted by Crippen LogP contribution is -2.59. The number of hydrogen-bond donors (Lipinski definition) is 0. The van der Waals surface area contributed by atoms with Crippen LogP contribution in [0.5, 0.6) is 0 Å². The Kier molecular flexibility index (Phi) is 4.68. The van der Waals surface area contributed by atoms with Gasteiger partial charge in [-0.05, 0) is 44.7 Å². The SMILES string of the molecule is COC(=O)C1(N(C)C(=O)OC(C)(C)C)CCc2ccccc2C1. The monoisotopic (exact) mass is 319 g/mol. The second kappa shape index (κ2) is 6.22. The van der Waals surface area contributed by atoms with Gasteiger partial charge in [-0.2, -0.15) is 0 Å². The largest absolute Gasteiger partial charge is 0.467 e. The van der Waals surface area contributed by atoms with Crippen LogP contribution in [0.2, 0.25) is 0 Å². The van der Waals surface area contributed by atoms with Gasteiger partial charge in [0.1, 0.15) is 11.1 Å². The van der Waals surface area contributed by atoms with Crippen LogP contribution in [-0.2, 0) is 27.1 Å². The molecule has 0 aliphatic heterocycles. The van der Waals surface area contributed by atoms with Crippen LogP contribution >= 0.6 is 0 Å². The molecular weight excluding hydrogens is 294 g/mol. The predicted molar refractivity (Wildman–Crippen MR) is 87.2 cm³/mol. The van der Waals surface area contributed by atoms with Crippen LogP contribution in [0, 0.1) is 0 Å². The van der Waals surface area contributed by atoms with Gasteiger partial charge in [0, 0.05) is 13.5 Å². The number of benzene rings is 1. The Hall–Kier alpha value is -2.04. The summed E-state index contributed by atoms with van der Waals surface area (Å²) in [4.78, 5) is 26.4. The van der Waals surface area contributed by atoms with E-state index in [1.165, 1.54) is 17.6 Å². The number of amides is 1. The first-order valence-electron chi connectivity index (χ1n) is 7.81. The smallest absolute Gasteiger partial charge is 0.411 e. The standard InChI is InChI=1S/C18H25NO4/c1-17(2,3)23-16(21)19(4)18(15(20)22-5)11-10-13-8-6-7-9-14(13)12-18/h6-9H,10-12H2,1-5H3. The topological polar surface area (TPSA) is 55.8 Å². The summed E-state index contributed by atoms with van der Waals surface area (Å²) in [6.07, 6.45) is 1.17. The minimum atomic E-state index is -1.02. The van der Waals surface area contributed by atoms with Crippen molar-refractivity contribution in [2.75, 3.05) is 14.2 Å². The zero-order valence-corrected chi connectivity index (χ0v) is 14.5. The van der Waals surface area contributed by atoms with E-state index in [4.69, 9.17) is 9.47 Å².